The third kappa shape index (κ3) is 5.69. The molecule has 0 bridgehead atoms. The fraction of sp³-hybridized carbons (Fsp3) is 0. The van der Waals surface area contributed by atoms with Crippen LogP contribution in [0.2, 0.25) is 0 Å². The van der Waals surface area contributed by atoms with Gasteiger partial charge in [-0.3, -0.25) is 0 Å². The molecule has 0 aliphatic carbocycles. The van der Waals surface area contributed by atoms with Gasteiger partial charge in [0.25, 0.3) is 0 Å². The molecule has 1 aromatic heterocycles. The lowest BCUT2D eigenvalue weighted by Gasteiger charge is -2.43. The minimum absolute atomic E-state index is 0.141. The van der Waals surface area contributed by atoms with E-state index in [1.165, 1.54) is 64.8 Å². The van der Waals surface area contributed by atoms with Gasteiger partial charge in [-0.25, -0.2) is 0 Å². The largest absolute Gasteiger partial charge is 0.458 e. The molecule has 0 atom stereocenters. The molecule has 0 radical (unpaired) electrons. The first-order valence-electron chi connectivity index (χ1n) is 22.5. The average Bonchev–Trinajstić information content (AvgIpc) is 3.72. The van der Waals surface area contributed by atoms with Crippen LogP contribution in [0.1, 0.15) is 0 Å². The Morgan fingerprint density at radius 2 is 0.908 bits per heavy atom. The van der Waals surface area contributed by atoms with E-state index in [9.17, 15) is 0 Å². The maximum atomic E-state index is 7.08. The average molecular weight is 845 g/mol. The number of ether oxygens (including phenoxy) is 1. The quantitative estimate of drug-likeness (QED) is 0.117. The molecule has 0 saturated carbocycles. The molecule has 0 saturated heterocycles. The van der Waals surface area contributed by atoms with Crippen molar-refractivity contribution in [1.29, 1.82) is 0 Å². The Kier molecular flexibility index (Phi) is 8.65. The Bertz CT molecular complexity index is 3440. The number of rotatable bonds is 7. The first-order chi connectivity index (χ1) is 32.3. The van der Waals surface area contributed by atoms with Crippen LogP contribution in [-0.2, 0) is 0 Å². The Morgan fingerprint density at radius 3 is 1.55 bits per heavy atom. The lowest BCUT2D eigenvalue weighted by atomic mass is 9.44. The second-order valence-corrected chi connectivity index (χ2v) is 21.0. The fourth-order valence-corrected chi connectivity index (χ4v) is 15.8. The first kappa shape index (κ1) is 37.4. The van der Waals surface area contributed by atoms with Crippen LogP contribution in [0.25, 0.3) is 49.7 Å². The van der Waals surface area contributed by atoms with Crippen molar-refractivity contribution in [3.63, 3.8) is 0 Å². The lowest BCUT2D eigenvalue weighted by molar-refractivity contribution is 0.487. The SMILES string of the molecule is c1ccc(N2B3c4ccccc4Oc4cc(-c5ccccc5-n5c6ccccc6c6ccccc65)cc(c43)-c3ccc([Si](c4ccccc4)(c4ccccc4)c4ccccc4)cc32)cc1. The van der Waals surface area contributed by atoms with Gasteiger partial charge in [-0.05, 0) is 91.9 Å². The molecule has 5 heteroatoms. The predicted octanol–water partition coefficient (Wildman–Crippen LogP) is 10.9. The summed E-state index contributed by atoms with van der Waals surface area (Å²) in [4.78, 5) is 2.58. The number of nitrogens with zero attached hydrogens (tertiary/aromatic N) is 2. The summed E-state index contributed by atoms with van der Waals surface area (Å²) in [5.74, 6) is 1.77. The number of aromatic nitrogens is 1. The zero-order valence-corrected chi connectivity index (χ0v) is 36.6. The maximum absolute atomic E-state index is 7.08. The molecule has 0 N–H and O–H groups in total. The molecule has 11 aromatic rings. The summed E-state index contributed by atoms with van der Waals surface area (Å²) in [6.07, 6.45) is 0. The third-order valence-corrected chi connectivity index (χ3v) is 18.6. The molecule has 2 aliphatic rings. The first-order valence-corrected chi connectivity index (χ1v) is 24.5. The van der Waals surface area contributed by atoms with Crippen LogP contribution >= 0.6 is 0 Å². The van der Waals surface area contributed by atoms with Crippen molar-refractivity contribution in [2.24, 2.45) is 0 Å². The molecule has 10 aromatic carbocycles. The molecule has 13 rings (SSSR count). The maximum Gasteiger partial charge on any atom is 0.336 e. The van der Waals surface area contributed by atoms with Crippen molar-refractivity contribution in [3.8, 4) is 39.4 Å². The van der Waals surface area contributed by atoms with Gasteiger partial charge < -0.3 is 14.1 Å². The minimum Gasteiger partial charge on any atom is -0.458 e. The summed E-state index contributed by atoms with van der Waals surface area (Å²) < 4.78 is 9.51. The highest BCUT2D eigenvalue weighted by Gasteiger charge is 2.46. The standard InChI is InChI=1S/C60H41BN2OSi/c1-5-21-43(22-6-1)63-57-41-47(65(44-23-7-2-8-24-44,45-25-9-3-10-26-45)46-27-11-4-12-28-46)37-38-51(57)52-39-42(40-59-60(52)61(63)53-32-16-20-36-58(53)64-59)48-29-13-17-33-54(48)62-55-34-18-14-30-49(55)50-31-15-19-35-56(50)62/h1-41H. The van der Waals surface area contributed by atoms with Crippen molar-refractivity contribution < 1.29 is 4.74 Å². The third-order valence-electron chi connectivity index (χ3n) is 13.8. The zero-order chi connectivity index (χ0) is 42.9. The normalized spacial score (nSPS) is 12.7. The zero-order valence-electron chi connectivity index (χ0n) is 35.6. The van der Waals surface area contributed by atoms with Crippen molar-refractivity contribution in [3.05, 3.63) is 249 Å². The minimum atomic E-state index is -2.88. The highest BCUT2D eigenvalue weighted by atomic mass is 28.3. The van der Waals surface area contributed by atoms with Crippen LogP contribution in [0, 0.1) is 0 Å². The van der Waals surface area contributed by atoms with E-state index in [1.807, 2.05) is 0 Å². The van der Waals surface area contributed by atoms with Crippen LogP contribution in [0.3, 0.4) is 0 Å². The molecule has 3 nitrogen and oxygen atoms in total. The van der Waals surface area contributed by atoms with Crippen LogP contribution in [-0.4, -0.2) is 19.5 Å². The highest BCUT2D eigenvalue weighted by molar-refractivity contribution is 7.20. The van der Waals surface area contributed by atoms with Crippen LogP contribution in [0.5, 0.6) is 11.5 Å². The molecular formula is C60H41BN2OSi. The molecular weight excluding hydrogens is 804 g/mol. The summed E-state index contributed by atoms with van der Waals surface area (Å²) in [6, 6.07) is 91.7. The molecule has 2 aliphatic heterocycles. The van der Waals surface area contributed by atoms with Gasteiger partial charge in [0.05, 0.1) is 16.7 Å². The Balaban J connectivity index is 1.11. The van der Waals surface area contributed by atoms with Gasteiger partial charge in [0.2, 0.25) is 0 Å². The summed E-state index contributed by atoms with van der Waals surface area (Å²) in [6.45, 7) is -0.141. The van der Waals surface area contributed by atoms with Gasteiger partial charge in [0.15, 0.2) is 8.07 Å². The number of anilines is 2. The second kappa shape index (κ2) is 15.0. The number of benzene rings is 10. The van der Waals surface area contributed by atoms with E-state index in [-0.39, 0.29) is 6.85 Å². The Labute approximate surface area is 380 Å². The highest BCUT2D eigenvalue weighted by Crippen LogP contribution is 2.46. The van der Waals surface area contributed by atoms with Gasteiger partial charge in [-0.15, -0.1) is 0 Å². The van der Waals surface area contributed by atoms with Crippen LogP contribution < -0.4 is 41.2 Å². The molecule has 0 spiro atoms. The summed E-state index contributed by atoms with van der Waals surface area (Å²) in [5.41, 5.74) is 12.8. The smallest absolute Gasteiger partial charge is 0.336 e. The molecule has 304 valence electrons. The number of fused-ring (bicyclic) bond motifs is 7. The number of para-hydroxylation sites is 5. The van der Waals surface area contributed by atoms with E-state index in [4.69, 9.17) is 4.74 Å². The van der Waals surface area contributed by atoms with E-state index < -0.39 is 8.07 Å². The second-order valence-electron chi connectivity index (χ2n) is 17.2. The molecule has 0 unspecified atom stereocenters. The van der Waals surface area contributed by atoms with Crippen LogP contribution in [0.4, 0.5) is 11.4 Å². The Hall–Kier alpha value is -8.12. The summed E-state index contributed by atoms with van der Waals surface area (Å²) in [5, 5.41) is 7.87. The molecule has 0 amide bonds. The lowest BCUT2D eigenvalue weighted by Crippen LogP contribution is -2.74. The van der Waals surface area contributed by atoms with Gasteiger partial charge in [0.1, 0.15) is 11.5 Å². The van der Waals surface area contributed by atoms with Gasteiger partial charge in [0, 0.05) is 38.7 Å². The van der Waals surface area contributed by atoms with E-state index in [1.54, 1.807) is 0 Å². The van der Waals surface area contributed by atoms with Crippen LogP contribution in [0.15, 0.2) is 249 Å². The van der Waals surface area contributed by atoms with E-state index in [0.29, 0.717) is 0 Å². The Morgan fingerprint density at radius 1 is 0.369 bits per heavy atom. The monoisotopic (exact) mass is 844 g/mol. The topological polar surface area (TPSA) is 17.4 Å². The molecule has 65 heavy (non-hydrogen) atoms. The summed E-state index contributed by atoms with van der Waals surface area (Å²) >= 11 is 0. The van der Waals surface area contributed by atoms with Crippen molar-refractivity contribution >= 4 is 79.8 Å². The summed E-state index contributed by atoms with van der Waals surface area (Å²) in [7, 11) is -2.88. The number of hydrogen-bond acceptors (Lipinski definition) is 2. The van der Waals surface area contributed by atoms with E-state index >= 15 is 0 Å². The van der Waals surface area contributed by atoms with Crippen molar-refractivity contribution in [2.45, 2.75) is 0 Å². The fourth-order valence-electron chi connectivity index (χ4n) is 11.1. The van der Waals surface area contributed by atoms with Gasteiger partial charge in [-0.2, -0.15) is 0 Å². The number of hydrogen-bond donors (Lipinski definition) is 0. The van der Waals surface area contributed by atoms with E-state index in [0.717, 1.165) is 39.5 Å². The predicted molar refractivity (Wildman–Crippen MR) is 275 cm³/mol. The van der Waals surface area contributed by atoms with E-state index in [2.05, 4.69) is 258 Å². The van der Waals surface area contributed by atoms with Gasteiger partial charge in [-0.1, -0.05) is 194 Å². The van der Waals surface area contributed by atoms with Crippen molar-refractivity contribution in [1.82, 2.24) is 4.57 Å². The van der Waals surface area contributed by atoms with Crippen molar-refractivity contribution in [2.75, 3.05) is 4.81 Å². The molecule has 3 heterocycles. The van der Waals surface area contributed by atoms with Gasteiger partial charge >= 0.3 is 6.85 Å². The molecule has 0 fully saturated rings.